The van der Waals surface area contributed by atoms with E-state index in [2.05, 4.69) is 5.32 Å². The van der Waals surface area contributed by atoms with Crippen LogP contribution in [-0.2, 0) is 9.59 Å². The summed E-state index contributed by atoms with van der Waals surface area (Å²) in [4.78, 5) is 26.8. The summed E-state index contributed by atoms with van der Waals surface area (Å²) in [6.45, 7) is 10.00. The van der Waals surface area contributed by atoms with E-state index in [-0.39, 0.29) is 35.2 Å². The second-order valence-corrected chi connectivity index (χ2v) is 6.97. The SMILES string of the molecule is CC(C)C1C(=O)NC(C(C)(C)C)C(=O)N1C1CC1. The molecule has 1 aliphatic carbocycles. The minimum atomic E-state index is -0.388. The minimum Gasteiger partial charge on any atom is -0.342 e. The standard InChI is InChI=1S/C14H24N2O2/c1-8(2)10-12(17)15-11(14(3,4)5)13(18)16(10)9-6-7-9/h8-11H,6-7H2,1-5H3,(H,15,17). The molecule has 2 aliphatic rings. The molecule has 1 saturated heterocycles. The van der Waals surface area contributed by atoms with Crippen LogP contribution < -0.4 is 5.32 Å². The van der Waals surface area contributed by atoms with Crippen molar-refractivity contribution in [1.29, 1.82) is 0 Å². The van der Waals surface area contributed by atoms with Gasteiger partial charge in [-0.25, -0.2) is 0 Å². The fraction of sp³-hybridized carbons (Fsp3) is 0.857. The lowest BCUT2D eigenvalue weighted by Crippen LogP contribution is -2.68. The van der Waals surface area contributed by atoms with E-state index in [1.807, 2.05) is 39.5 Å². The Morgan fingerprint density at radius 1 is 1.22 bits per heavy atom. The average Bonchev–Trinajstić information content (AvgIpc) is 3.01. The molecule has 0 spiro atoms. The Kier molecular flexibility index (Phi) is 3.16. The zero-order chi connectivity index (χ0) is 13.7. The molecule has 2 amide bonds. The van der Waals surface area contributed by atoms with E-state index in [0.717, 1.165) is 12.8 Å². The Morgan fingerprint density at radius 3 is 2.17 bits per heavy atom. The Labute approximate surface area is 109 Å². The first-order valence-corrected chi connectivity index (χ1v) is 6.86. The first-order valence-electron chi connectivity index (χ1n) is 6.86. The van der Waals surface area contributed by atoms with Gasteiger partial charge in [-0.05, 0) is 24.2 Å². The van der Waals surface area contributed by atoms with Crippen LogP contribution in [0.15, 0.2) is 0 Å². The van der Waals surface area contributed by atoms with Crippen molar-refractivity contribution >= 4 is 11.8 Å². The van der Waals surface area contributed by atoms with Crippen molar-refractivity contribution in [1.82, 2.24) is 10.2 Å². The first kappa shape index (κ1) is 13.4. The maximum absolute atomic E-state index is 12.6. The molecule has 0 aromatic heterocycles. The average molecular weight is 252 g/mol. The molecule has 2 fully saturated rings. The van der Waals surface area contributed by atoms with Gasteiger partial charge in [0, 0.05) is 6.04 Å². The number of hydrogen-bond acceptors (Lipinski definition) is 2. The van der Waals surface area contributed by atoms with Crippen LogP contribution in [0.3, 0.4) is 0 Å². The quantitative estimate of drug-likeness (QED) is 0.810. The van der Waals surface area contributed by atoms with Gasteiger partial charge in [0.15, 0.2) is 0 Å². The molecule has 1 saturated carbocycles. The molecule has 1 N–H and O–H groups in total. The highest BCUT2D eigenvalue weighted by Crippen LogP contribution is 2.35. The molecule has 4 nitrogen and oxygen atoms in total. The van der Waals surface area contributed by atoms with Gasteiger partial charge in [-0.15, -0.1) is 0 Å². The lowest BCUT2D eigenvalue weighted by atomic mass is 9.82. The third-order valence-corrected chi connectivity index (χ3v) is 3.79. The molecule has 4 heteroatoms. The van der Waals surface area contributed by atoms with Crippen LogP contribution in [0.25, 0.3) is 0 Å². The van der Waals surface area contributed by atoms with Crippen LogP contribution in [0.1, 0.15) is 47.5 Å². The summed E-state index contributed by atoms with van der Waals surface area (Å²) >= 11 is 0. The van der Waals surface area contributed by atoms with Gasteiger partial charge in [-0.3, -0.25) is 9.59 Å². The topological polar surface area (TPSA) is 49.4 Å². The van der Waals surface area contributed by atoms with Gasteiger partial charge in [0.1, 0.15) is 12.1 Å². The molecule has 0 bridgehead atoms. The Hall–Kier alpha value is -1.06. The van der Waals surface area contributed by atoms with E-state index in [9.17, 15) is 9.59 Å². The molecule has 0 radical (unpaired) electrons. The predicted octanol–water partition coefficient (Wildman–Crippen LogP) is 1.55. The molecule has 0 aromatic carbocycles. The van der Waals surface area contributed by atoms with Crippen LogP contribution >= 0.6 is 0 Å². The summed E-state index contributed by atoms with van der Waals surface area (Å²) in [6, 6.07) is -0.384. The number of rotatable bonds is 2. The van der Waals surface area contributed by atoms with Crippen LogP contribution in [0.2, 0.25) is 0 Å². The Balaban J connectivity index is 2.30. The van der Waals surface area contributed by atoms with E-state index in [1.165, 1.54) is 0 Å². The summed E-state index contributed by atoms with van der Waals surface area (Å²) in [5, 5.41) is 2.92. The molecule has 18 heavy (non-hydrogen) atoms. The fourth-order valence-electron chi connectivity index (χ4n) is 2.67. The van der Waals surface area contributed by atoms with Crippen LogP contribution in [0, 0.1) is 11.3 Å². The monoisotopic (exact) mass is 252 g/mol. The van der Waals surface area contributed by atoms with E-state index in [4.69, 9.17) is 0 Å². The smallest absolute Gasteiger partial charge is 0.246 e. The molecule has 1 aliphatic heterocycles. The number of nitrogens with zero attached hydrogens (tertiary/aromatic N) is 1. The number of amides is 2. The minimum absolute atomic E-state index is 0.0106. The van der Waals surface area contributed by atoms with Crippen LogP contribution in [0.5, 0.6) is 0 Å². The van der Waals surface area contributed by atoms with Gasteiger partial charge in [-0.1, -0.05) is 34.6 Å². The van der Waals surface area contributed by atoms with E-state index in [1.54, 1.807) is 0 Å². The Bertz CT molecular complexity index is 366. The Morgan fingerprint density at radius 2 is 1.78 bits per heavy atom. The van der Waals surface area contributed by atoms with Crippen molar-refractivity contribution < 1.29 is 9.59 Å². The molecule has 102 valence electrons. The van der Waals surface area contributed by atoms with Crippen molar-refractivity contribution in [2.75, 3.05) is 0 Å². The lowest BCUT2D eigenvalue weighted by Gasteiger charge is -2.44. The molecule has 2 unspecified atom stereocenters. The number of nitrogens with one attached hydrogen (secondary N) is 1. The first-order chi connectivity index (χ1) is 8.23. The van der Waals surface area contributed by atoms with Crippen molar-refractivity contribution in [2.24, 2.45) is 11.3 Å². The van der Waals surface area contributed by atoms with Gasteiger partial charge in [0.05, 0.1) is 0 Å². The van der Waals surface area contributed by atoms with Gasteiger partial charge in [0.2, 0.25) is 11.8 Å². The van der Waals surface area contributed by atoms with Gasteiger partial charge < -0.3 is 10.2 Å². The number of carbonyl (C=O) groups is 2. The predicted molar refractivity (Wildman–Crippen MR) is 69.9 cm³/mol. The van der Waals surface area contributed by atoms with Crippen LogP contribution in [0.4, 0.5) is 0 Å². The zero-order valence-electron chi connectivity index (χ0n) is 12.0. The van der Waals surface area contributed by atoms with Crippen molar-refractivity contribution in [3.63, 3.8) is 0 Å². The van der Waals surface area contributed by atoms with E-state index >= 15 is 0 Å². The van der Waals surface area contributed by atoms with Gasteiger partial charge in [0.25, 0.3) is 0 Å². The summed E-state index contributed by atoms with van der Waals surface area (Å²) < 4.78 is 0. The summed E-state index contributed by atoms with van der Waals surface area (Å²) in [5.74, 6) is 0.273. The summed E-state index contributed by atoms with van der Waals surface area (Å²) in [6.07, 6.45) is 2.08. The highest BCUT2D eigenvalue weighted by molar-refractivity contribution is 5.98. The van der Waals surface area contributed by atoms with Crippen molar-refractivity contribution in [3.05, 3.63) is 0 Å². The molecule has 2 atom stereocenters. The zero-order valence-corrected chi connectivity index (χ0v) is 12.0. The molecule has 0 aromatic rings. The number of carbonyl (C=O) groups excluding carboxylic acids is 2. The third kappa shape index (κ3) is 2.25. The number of piperazine rings is 1. The molecule has 2 rings (SSSR count). The van der Waals surface area contributed by atoms with Crippen LogP contribution in [-0.4, -0.2) is 34.8 Å². The highest BCUT2D eigenvalue weighted by Gasteiger charge is 2.50. The summed E-state index contributed by atoms with van der Waals surface area (Å²) in [5.41, 5.74) is -0.234. The molecular formula is C14H24N2O2. The van der Waals surface area contributed by atoms with Gasteiger partial charge in [-0.2, -0.15) is 0 Å². The van der Waals surface area contributed by atoms with Gasteiger partial charge >= 0.3 is 0 Å². The maximum atomic E-state index is 12.6. The molecular weight excluding hydrogens is 228 g/mol. The fourth-order valence-corrected chi connectivity index (χ4v) is 2.67. The van der Waals surface area contributed by atoms with Crippen molar-refractivity contribution in [2.45, 2.75) is 65.6 Å². The largest absolute Gasteiger partial charge is 0.342 e. The second kappa shape index (κ2) is 4.25. The van der Waals surface area contributed by atoms with Crippen molar-refractivity contribution in [3.8, 4) is 0 Å². The van der Waals surface area contributed by atoms with E-state index in [0.29, 0.717) is 6.04 Å². The van der Waals surface area contributed by atoms with E-state index < -0.39 is 0 Å². The summed E-state index contributed by atoms with van der Waals surface area (Å²) in [7, 11) is 0. The third-order valence-electron chi connectivity index (χ3n) is 3.79. The molecule has 1 heterocycles. The normalized spacial score (nSPS) is 29.8. The second-order valence-electron chi connectivity index (χ2n) is 6.97. The maximum Gasteiger partial charge on any atom is 0.246 e. The highest BCUT2D eigenvalue weighted by atomic mass is 16.2. The number of hydrogen-bond donors (Lipinski definition) is 1. The lowest BCUT2D eigenvalue weighted by molar-refractivity contribution is -0.155.